The smallest absolute Gasteiger partial charge is 0.310 e. The Hall–Kier alpha value is -3.85. The highest BCUT2D eigenvalue weighted by Crippen LogP contribution is 2.37. The first-order valence-electron chi connectivity index (χ1n) is 18.1. The fraction of sp³-hybridized carbons (Fsp3) is 0.525. The Morgan fingerprint density at radius 2 is 1.41 bits per heavy atom. The number of rotatable bonds is 10. The Labute approximate surface area is 295 Å². The van der Waals surface area contributed by atoms with Gasteiger partial charge in [-0.1, -0.05) is 58.4 Å². The van der Waals surface area contributed by atoms with E-state index in [1.165, 1.54) is 59.6 Å². The van der Waals surface area contributed by atoms with Gasteiger partial charge in [0.1, 0.15) is 6.04 Å². The van der Waals surface area contributed by atoms with Crippen molar-refractivity contribution in [2.45, 2.75) is 83.6 Å². The largest absolute Gasteiger partial charge is 0.481 e. The van der Waals surface area contributed by atoms with Gasteiger partial charge < -0.3 is 25.1 Å². The number of benzene rings is 2. The molecule has 0 bridgehead atoms. The first-order chi connectivity index (χ1) is 23.5. The van der Waals surface area contributed by atoms with Crippen molar-refractivity contribution < 1.29 is 19.5 Å². The molecule has 3 aliphatic rings. The Kier molecular flexibility index (Phi) is 10.7. The number of hydrogen-bond donors (Lipinski definition) is 2. The van der Waals surface area contributed by atoms with Gasteiger partial charge in [-0.25, -0.2) is 0 Å². The van der Waals surface area contributed by atoms with E-state index in [-0.39, 0.29) is 30.3 Å². The van der Waals surface area contributed by atoms with Crippen molar-refractivity contribution in [3.63, 3.8) is 0 Å². The number of piperazine rings is 1. The average Bonchev–Trinajstić information content (AvgIpc) is 3.60. The average molecular weight is 685 g/mol. The van der Waals surface area contributed by atoms with E-state index in [2.05, 4.69) is 79.2 Å². The molecular weight excluding hydrogens is 633 g/mol. The third-order valence-corrected chi connectivity index (χ3v) is 12.4. The first kappa shape index (κ1) is 35.0. The van der Waals surface area contributed by atoms with Crippen LogP contribution in [-0.4, -0.2) is 73.1 Å². The van der Waals surface area contributed by atoms with E-state index >= 15 is 0 Å². The molecule has 2 amide bonds. The summed E-state index contributed by atoms with van der Waals surface area (Å²) in [4.78, 5) is 46.3. The van der Waals surface area contributed by atoms with E-state index in [4.69, 9.17) is 0 Å². The molecule has 49 heavy (non-hydrogen) atoms. The minimum absolute atomic E-state index is 0.0746. The lowest BCUT2D eigenvalue weighted by molar-refractivity contribution is -0.153. The van der Waals surface area contributed by atoms with Crippen LogP contribution >= 0.6 is 11.3 Å². The first-order valence-corrected chi connectivity index (χ1v) is 18.9. The summed E-state index contributed by atoms with van der Waals surface area (Å²) in [6.45, 7) is 12.7. The number of thiophene rings is 1. The van der Waals surface area contributed by atoms with E-state index in [1.54, 1.807) is 0 Å². The second-order valence-corrected chi connectivity index (χ2v) is 16.4. The molecule has 2 aromatic carbocycles. The van der Waals surface area contributed by atoms with Crippen LogP contribution in [0.1, 0.15) is 91.4 Å². The van der Waals surface area contributed by atoms with Crippen molar-refractivity contribution in [2.24, 2.45) is 11.8 Å². The van der Waals surface area contributed by atoms with E-state index < -0.39 is 17.9 Å². The minimum atomic E-state index is -0.896. The summed E-state index contributed by atoms with van der Waals surface area (Å²) in [6, 6.07) is 20.6. The number of nitrogens with one attached hydrogen (secondary N) is 1. The molecule has 1 aromatic heterocycles. The number of anilines is 2. The maximum absolute atomic E-state index is 13.5. The summed E-state index contributed by atoms with van der Waals surface area (Å²) in [5.74, 6) is -0.341. The number of hydrogen-bond acceptors (Lipinski definition) is 6. The molecule has 3 fully saturated rings. The molecule has 9 heteroatoms. The molecule has 2 aliphatic heterocycles. The van der Waals surface area contributed by atoms with Crippen molar-refractivity contribution in [1.82, 2.24) is 10.2 Å². The Morgan fingerprint density at radius 3 is 1.92 bits per heavy atom. The van der Waals surface area contributed by atoms with E-state index in [0.29, 0.717) is 17.2 Å². The highest BCUT2D eigenvalue weighted by Gasteiger charge is 2.39. The third-order valence-electron chi connectivity index (χ3n) is 10.9. The Morgan fingerprint density at radius 1 is 0.837 bits per heavy atom. The van der Waals surface area contributed by atoms with Gasteiger partial charge in [-0.3, -0.25) is 14.4 Å². The van der Waals surface area contributed by atoms with Crippen molar-refractivity contribution in [1.29, 1.82) is 0 Å². The second-order valence-electron chi connectivity index (χ2n) is 15.3. The fourth-order valence-corrected chi connectivity index (χ4v) is 8.46. The van der Waals surface area contributed by atoms with E-state index in [9.17, 15) is 19.5 Å². The van der Waals surface area contributed by atoms with Crippen molar-refractivity contribution >= 4 is 40.5 Å². The zero-order valence-corrected chi connectivity index (χ0v) is 30.3. The van der Waals surface area contributed by atoms with Gasteiger partial charge in [0.15, 0.2) is 0 Å². The van der Waals surface area contributed by atoms with Gasteiger partial charge in [-0.2, -0.15) is 0 Å². The molecular formula is C40H52N4O4S. The van der Waals surface area contributed by atoms with Gasteiger partial charge in [-0.15, -0.1) is 11.3 Å². The van der Waals surface area contributed by atoms with Gasteiger partial charge in [-0.05, 0) is 90.5 Å². The normalized spacial score (nSPS) is 20.9. The standard InChI is InChI=1S/C40H52N4O4S/c1-5-27-6-10-29(11-7-27)30-12-16-33(17-13-30)43-22-20-42(21-23-43)32-14-8-28(9-15-32)24-34(38(46)44-25-31(26-44)39(47)48)41-37(45)35-18-19-36(49-35)40(2,3)4/h8-9,12-19,27,29,31,34H,5-7,10-11,20-26H2,1-4H3,(H,41,45)(H,47,48)/t27?,29?,34-/m0/s1. The number of aliphatic carboxylic acids is 1. The summed E-state index contributed by atoms with van der Waals surface area (Å²) < 4.78 is 0. The summed E-state index contributed by atoms with van der Waals surface area (Å²) >= 11 is 1.44. The summed E-state index contributed by atoms with van der Waals surface area (Å²) in [5, 5.41) is 12.3. The zero-order chi connectivity index (χ0) is 34.7. The molecule has 1 atom stereocenters. The molecule has 0 unspecified atom stereocenters. The lowest BCUT2D eigenvalue weighted by atomic mass is 9.78. The predicted octanol–water partition coefficient (Wildman–Crippen LogP) is 6.94. The molecule has 1 saturated carbocycles. The Bertz CT molecular complexity index is 1590. The summed E-state index contributed by atoms with van der Waals surface area (Å²) in [7, 11) is 0. The van der Waals surface area contributed by atoms with Crippen LogP contribution in [0.2, 0.25) is 0 Å². The third kappa shape index (κ3) is 8.31. The van der Waals surface area contributed by atoms with Crippen LogP contribution in [0.15, 0.2) is 60.7 Å². The Balaban J connectivity index is 1.05. The van der Waals surface area contributed by atoms with Crippen LogP contribution in [-0.2, 0) is 21.4 Å². The molecule has 8 nitrogen and oxygen atoms in total. The van der Waals surface area contributed by atoms with Crippen molar-refractivity contribution in [3.05, 3.63) is 81.5 Å². The van der Waals surface area contributed by atoms with Gasteiger partial charge in [0.2, 0.25) is 5.91 Å². The van der Waals surface area contributed by atoms with Crippen molar-refractivity contribution in [3.8, 4) is 0 Å². The number of amides is 2. The maximum atomic E-state index is 13.5. The SMILES string of the molecule is CCC1CCC(c2ccc(N3CCN(c4ccc(C[C@H](NC(=O)c5ccc(C(C)(C)C)s5)C(=O)N5CC(C(=O)O)C5)cc4)CC3)cc2)CC1. The monoisotopic (exact) mass is 684 g/mol. The number of carboxylic acid groups (broad SMARTS) is 1. The summed E-state index contributed by atoms with van der Waals surface area (Å²) in [5.41, 5.74) is 4.81. The maximum Gasteiger partial charge on any atom is 0.310 e. The van der Waals surface area contributed by atoms with Crippen LogP contribution in [0.5, 0.6) is 0 Å². The van der Waals surface area contributed by atoms with Crippen LogP contribution in [0.3, 0.4) is 0 Å². The van der Waals surface area contributed by atoms with E-state index in [0.717, 1.165) is 48.2 Å². The van der Waals surface area contributed by atoms with Crippen molar-refractivity contribution in [2.75, 3.05) is 49.1 Å². The topological polar surface area (TPSA) is 93.2 Å². The quantitative estimate of drug-likeness (QED) is 0.241. The number of nitrogens with zero attached hydrogens (tertiary/aromatic N) is 3. The van der Waals surface area contributed by atoms with Crippen LogP contribution in [0.4, 0.5) is 11.4 Å². The predicted molar refractivity (Wildman–Crippen MR) is 198 cm³/mol. The molecule has 0 spiro atoms. The molecule has 3 aromatic rings. The number of carbonyl (C=O) groups excluding carboxylic acids is 2. The number of likely N-dealkylation sites (tertiary alicyclic amines) is 1. The molecule has 2 N–H and O–H groups in total. The van der Waals surface area contributed by atoms with E-state index in [1.807, 2.05) is 24.3 Å². The van der Waals surface area contributed by atoms with Gasteiger partial charge >= 0.3 is 5.97 Å². The lowest BCUT2D eigenvalue weighted by Crippen LogP contribution is -2.59. The fourth-order valence-electron chi connectivity index (χ4n) is 7.49. The molecule has 3 heterocycles. The van der Waals surface area contributed by atoms with Gasteiger partial charge in [0, 0.05) is 61.9 Å². The van der Waals surface area contributed by atoms with Crippen LogP contribution in [0, 0.1) is 11.8 Å². The van der Waals surface area contributed by atoms with Gasteiger partial charge in [0.05, 0.1) is 10.8 Å². The molecule has 0 radical (unpaired) electrons. The molecule has 1 aliphatic carbocycles. The number of carboxylic acids is 1. The minimum Gasteiger partial charge on any atom is -0.481 e. The highest BCUT2D eigenvalue weighted by molar-refractivity contribution is 7.14. The highest BCUT2D eigenvalue weighted by atomic mass is 32.1. The second kappa shape index (κ2) is 15.0. The lowest BCUT2D eigenvalue weighted by Gasteiger charge is -2.39. The van der Waals surface area contributed by atoms with Gasteiger partial charge in [0.25, 0.3) is 5.91 Å². The van der Waals surface area contributed by atoms with Crippen LogP contribution < -0.4 is 15.1 Å². The number of carbonyl (C=O) groups is 3. The molecule has 6 rings (SSSR count). The molecule has 262 valence electrons. The van der Waals surface area contributed by atoms with Crippen LogP contribution in [0.25, 0.3) is 0 Å². The summed E-state index contributed by atoms with van der Waals surface area (Å²) in [6.07, 6.45) is 7.01. The molecule has 2 saturated heterocycles. The zero-order valence-electron chi connectivity index (χ0n) is 29.5.